The van der Waals surface area contributed by atoms with Crippen molar-refractivity contribution in [3.8, 4) is 0 Å². The van der Waals surface area contributed by atoms with Gasteiger partial charge in [-0.25, -0.2) is 0 Å². The Hall–Kier alpha value is -2.76. The molecule has 3 fully saturated rings. The van der Waals surface area contributed by atoms with Gasteiger partial charge in [-0.2, -0.15) is 0 Å². The van der Waals surface area contributed by atoms with Crippen molar-refractivity contribution in [3.63, 3.8) is 0 Å². The Morgan fingerprint density at radius 1 is 0.793 bits per heavy atom. The maximum absolute atomic E-state index is 12.4. The molecule has 1 aliphatic carbocycles. The number of benzene rings is 1. The van der Waals surface area contributed by atoms with Crippen molar-refractivity contribution < 1.29 is 9.59 Å². The second-order valence-electron chi connectivity index (χ2n) is 7.89. The number of carbonyl (C=O) groups is 2. The van der Waals surface area contributed by atoms with Crippen LogP contribution in [0.15, 0.2) is 47.4 Å². The first-order chi connectivity index (χ1) is 14.0. The Kier molecular flexibility index (Phi) is 5.35. The predicted octanol–water partition coefficient (Wildman–Crippen LogP) is 2.02. The van der Waals surface area contributed by atoms with Crippen LogP contribution in [0.2, 0.25) is 0 Å². The maximum atomic E-state index is 12.4. The summed E-state index contributed by atoms with van der Waals surface area (Å²) in [7, 11) is 0. The quantitative estimate of drug-likeness (QED) is 0.543. The van der Waals surface area contributed by atoms with Gasteiger partial charge in [0.15, 0.2) is 0 Å². The highest BCUT2D eigenvalue weighted by molar-refractivity contribution is 6.22. The lowest BCUT2D eigenvalue weighted by atomic mass is 10.0. The van der Waals surface area contributed by atoms with Gasteiger partial charge < -0.3 is 19.6 Å². The van der Waals surface area contributed by atoms with Gasteiger partial charge in [-0.05, 0) is 32.9 Å². The molecule has 6 nitrogen and oxygen atoms in total. The lowest BCUT2D eigenvalue weighted by Gasteiger charge is -2.21. The van der Waals surface area contributed by atoms with Crippen LogP contribution < -0.4 is 4.90 Å². The van der Waals surface area contributed by atoms with Gasteiger partial charge in [-0.15, -0.1) is 0 Å². The van der Waals surface area contributed by atoms with Gasteiger partial charge in [0.1, 0.15) is 11.4 Å². The maximum Gasteiger partial charge on any atom is 0.227 e. The molecule has 1 aromatic carbocycles. The minimum absolute atomic E-state index is 0.00546. The van der Waals surface area contributed by atoms with Gasteiger partial charge in [0.05, 0.1) is 5.70 Å². The van der Waals surface area contributed by atoms with E-state index in [2.05, 4.69) is 49.9 Å². The normalized spacial score (nSPS) is 19.7. The smallest absolute Gasteiger partial charge is 0.227 e. The third-order valence-electron chi connectivity index (χ3n) is 5.65. The molecule has 0 radical (unpaired) electrons. The van der Waals surface area contributed by atoms with E-state index in [1.807, 2.05) is 14.7 Å². The summed E-state index contributed by atoms with van der Waals surface area (Å²) in [6, 6.07) is 8.69. The minimum Gasteiger partial charge on any atom is -0.372 e. The Morgan fingerprint density at radius 3 is 1.79 bits per heavy atom. The van der Waals surface area contributed by atoms with Crippen LogP contribution in [0.3, 0.4) is 0 Å². The summed E-state index contributed by atoms with van der Waals surface area (Å²) < 4.78 is 0. The van der Waals surface area contributed by atoms with Gasteiger partial charge in [-0.1, -0.05) is 17.7 Å². The molecule has 0 N–H and O–H groups in total. The standard InChI is InChI=1S/C12H13N3O2.C11H17N/c16-9-7-8(13-1-2-13)12(17)11(15-5-6-15)10(9)14-3-4-14;1-4-12(5-2)11-8-6-10(3)7-9-11/h7H,1-6H2;6-9H,4-5H2,1-3H3. The molecule has 5 rings (SSSR count). The summed E-state index contributed by atoms with van der Waals surface area (Å²) >= 11 is 0. The SMILES string of the molecule is CCN(CC)c1ccc(C)cc1.O=C1C=C(N2CC2)C(=O)C(N2CC2)=C1N1CC1. The molecule has 0 aromatic heterocycles. The zero-order chi connectivity index (χ0) is 20.5. The highest BCUT2D eigenvalue weighted by Crippen LogP contribution is 2.33. The summed E-state index contributed by atoms with van der Waals surface area (Å²) in [4.78, 5) is 32.8. The number of anilines is 1. The highest BCUT2D eigenvalue weighted by Gasteiger charge is 2.43. The minimum atomic E-state index is 0.00546. The Morgan fingerprint density at radius 2 is 1.31 bits per heavy atom. The number of ketones is 2. The molecule has 3 aliphatic heterocycles. The monoisotopic (exact) mass is 394 g/mol. The number of aryl methyl sites for hydroxylation is 1. The third kappa shape index (κ3) is 4.31. The van der Waals surface area contributed by atoms with Crippen LogP contribution in [-0.2, 0) is 9.59 Å². The number of nitrogens with zero attached hydrogens (tertiary/aromatic N) is 4. The summed E-state index contributed by atoms with van der Waals surface area (Å²) in [5, 5.41) is 0. The fourth-order valence-electron chi connectivity index (χ4n) is 3.62. The molecule has 0 amide bonds. The molecule has 6 heteroatoms. The molecular weight excluding hydrogens is 364 g/mol. The third-order valence-corrected chi connectivity index (χ3v) is 5.65. The van der Waals surface area contributed by atoms with E-state index < -0.39 is 0 Å². The van der Waals surface area contributed by atoms with Gasteiger partial charge >= 0.3 is 0 Å². The average molecular weight is 395 g/mol. The van der Waals surface area contributed by atoms with Crippen LogP contribution in [0.1, 0.15) is 19.4 Å². The van der Waals surface area contributed by atoms with Crippen LogP contribution in [0, 0.1) is 6.92 Å². The first-order valence-corrected chi connectivity index (χ1v) is 10.6. The van der Waals surface area contributed by atoms with Crippen LogP contribution in [0.4, 0.5) is 5.69 Å². The van der Waals surface area contributed by atoms with Crippen molar-refractivity contribution in [2.24, 2.45) is 0 Å². The molecule has 0 spiro atoms. The van der Waals surface area contributed by atoms with Gasteiger partial charge in [0, 0.05) is 64.1 Å². The summed E-state index contributed by atoms with van der Waals surface area (Å²) in [6.45, 7) is 14.1. The number of Topliss-reactive ketones (excluding diaryl/α,β-unsaturated/α-hetero) is 1. The Bertz CT molecular complexity index is 855. The van der Waals surface area contributed by atoms with E-state index in [1.165, 1.54) is 17.3 Å². The molecule has 0 bridgehead atoms. The lowest BCUT2D eigenvalue weighted by molar-refractivity contribution is -0.117. The number of hydrogen-bond acceptors (Lipinski definition) is 6. The first-order valence-electron chi connectivity index (χ1n) is 10.6. The molecule has 3 heterocycles. The number of rotatable bonds is 6. The number of carbonyl (C=O) groups excluding carboxylic acids is 2. The number of hydrogen-bond donors (Lipinski definition) is 0. The van der Waals surface area contributed by atoms with Gasteiger partial charge in [0.2, 0.25) is 11.6 Å². The van der Waals surface area contributed by atoms with Crippen LogP contribution in [-0.4, -0.2) is 78.6 Å². The summed E-state index contributed by atoms with van der Waals surface area (Å²) in [6.07, 6.45) is 1.52. The van der Waals surface area contributed by atoms with E-state index in [0.29, 0.717) is 17.1 Å². The molecule has 1 aromatic rings. The van der Waals surface area contributed by atoms with Crippen LogP contribution >= 0.6 is 0 Å². The molecular formula is C23H30N4O2. The zero-order valence-electron chi connectivity index (χ0n) is 17.6. The van der Waals surface area contributed by atoms with Crippen molar-refractivity contribution in [1.29, 1.82) is 0 Å². The van der Waals surface area contributed by atoms with E-state index >= 15 is 0 Å². The van der Waals surface area contributed by atoms with Crippen LogP contribution in [0.5, 0.6) is 0 Å². The van der Waals surface area contributed by atoms with E-state index in [1.54, 1.807) is 0 Å². The summed E-state index contributed by atoms with van der Waals surface area (Å²) in [5.41, 5.74) is 4.54. The molecule has 3 saturated heterocycles. The molecule has 154 valence electrons. The zero-order valence-corrected chi connectivity index (χ0v) is 17.6. The van der Waals surface area contributed by atoms with Crippen molar-refractivity contribution in [1.82, 2.24) is 14.7 Å². The van der Waals surface area contributed by atoms with Crippen molar-refractivity contribution in [2.75, 3.05) is 57.3 Å². The van der Waals surface area contributed by atoms with Crippen molar-refractivity contribution in [3.05, 3.63) is 53.0 Å². The molecule has 0 atom stereocenters. The van der Waals surface area contributed by atoms with E-state index in [-0.39, 0.29) is 11.6 Å². The molecule has 29 heavy (non-hydrogen) atoms. The summed E-state index contributed by atoms with van der Waals surface area (Å²) in [5.74, 6) is 0.0485. The van der Waals surface area contributed by atoms with E-state index in [4.69, 9.17) is 0 Å². The van der Waals surface area contributed by atoms with Gasteiger partial charge in [-0.3, -0.25) is 9.59 Å². The Labute approximate surface area is 173 Å². The highest BCUT2D eigenvalue weighted by atomic mass is 16.1. The van der Waals surface area contributed by atoms with Crippen molar-refractivity contribution in [2.45, 2.75) is 20.8 Å². The largest absolute Gasteiger partial charge is 0.372 e. The number of allylic oxidation sites excluding steroid dienone is 1. The Balaban J connectivity index is 0.000000152. The van der Waals surface area contributed by atoms with Gasteiger partial charge in [0.25, 0.3) is 0 Å². The first kappa shape index (κ1) is 19.6. The average Bonchev–Trinajstić information content (AvgIpc) is 3.58. The van der Waals surface area contributed by atoms with Crippen LogP contribution in [0.25, 0.3) is 0 Å². The molecule has 4 aliphatic rings. The van der Waals surface area contributed by atoms with E-state index in [0.717, 1.165) is 52.4 Å². The second kappa shape index (κ2) is 7.93. The lowest BCUT2D eigenvalue weighted by Crippen LogP contribution is -2.29. The fourth-order valence-corrected chi connectivity index (χ4v) is 3.62. The topological polar surface area (TPSA) is 46.4 Å². The predicted molar refractivity (Wildman–Crippen MR) is 115 cm³/mol. The van der Waals surface area contributed by atoms with Crippen molar-refractivity contribution >= 4 is 17.3 Å². The molecule has 0 unspecified atom stereocenters. The second-order valence-corrected chi connectivity index (χ2v) is 7.89. The molecule has 0 saturated carbocycles. The fraction of sp³-hybridized carbons (Fsp3) is 0.478. The van der Waals surface area contributed by atoms with E-state index in [9.17, 15) is 9.59 Å².